The highest BCUT2D eigenvalue weighted by molar-refractivity contribution is 7.22. The second kappa shape index (κ2) is 10.7. The molecule has 0 unspecified atom stereocenters. The van der Waals surface area contributed by atoms with Gasteiger partial charge in [0.15, 0.2) is 5.13 Å². The van der Waals surface area contributed by atoms with Crippen molar-refractivity contribution in [1.82, 2.24) is 14.8 Å². The third-order valence-corrected chi connectivity index (χ3v) is 6.15. The monoisotopic (exact) mass is 454 g/mol. The highest BCUT2D eigenvalue weighted by Gasteiger charge is 2.33. The van der Waals surface area contributed by atoms with Crippen molar-refractivity contribution in [1.29, 1.82) is 0 Å². The van der Waals surface area contributed by atoms with Gasteiger partial charge in [0.2, 0.25) is 17.7 Å². The lowest BCUT2D eigenvalue weighted by molar-refractivity contribution is -0.141. The van der Waals surface area contributed by atoms with Crippen LogP contribution < -0.4 is 9.64 Å². The van der Waals surface area contributed by atoms with Crippen LogP contribution >= 0.6 is 23.7 Å². The van der Waals surface area contributed by atoms with E-state index in [-0.39, 0.29) is 49.5 Å². The van der Waals surface area contributed by atoms with E-state index in [2.05, 4.69) is 23.7 Å². The normalized spacial score (nSPS) is 13.8. The Kier molecular flexibility index (Phi) is 8.57. The Labute approximate surface area is 186 Å². The summed E-state index contributed by atoms with van der Waals surface area (Å²) in [5.74, 6) is -0.249. The highest BCUT2D eigenvalue weighted by atomic mass is 35.5. The SMILES string of the molecule is CCN(CC)CCN(C(=O)CN1C(=O)CCC1=O)c1nc2c(OC)cccc2s1.Cl. The van der Waals surface area contributed by atoms with E-state index in [4.69, 9.17) is 4.74 Å². The molecule has 0 bridgehead atoms. The summed E-state index contributed by atoms with van der Waals surface area (Å²) in [5, 5.41) is 0.542. The maximum Gasteiger partial charge on any atom is 0.248 e. The summed E-state index contributed by atoms with van der Waals surface area (Å²) in [6.45, 7) is 6.74. The Morgan fingerprint density at radius 2 is 1.83 bits per heavy atom. The number of nitrogens with zero attached hydrogens (tertiary/aromatic N) is 4. The van der Waals surface area contributed by atoms with Crippen LogP contribution in [0.4, 0.5) is 5.13 Å². The molecule has 2 aromatic rings. The molecule has 1 saturated heterocycles. The molecule has 0 atom stereocenters. The van der Waals surface area contributed by atoms with Gasteiger partial charge in [-0.3, -0.25) is 24.2 Å². The number of hydrogen-bond acceptors (Lipinski definition) is 7. The third-order valence-electron chi connectivity index (χ3n) is 5.11. The fraction of sp³-hybridized carbons (Fsp3) is 0.500. The van der Waals surface area contributed by atoms with Crippen molar-refractivity contribution in [2.24, 2.45) is 0 Å². The number of aromatic nitrogens is 1. The van der Waals surface area contributed by atoms with Crippen molar-refractivity contribution in [3.05, 3.63) is 18.2 Å². The van der Waals surface area contributed by atoms with Gasteiger partial charge in [0.25, 0.3) is 0 Å². The number of carbonyl (C=O) groups is 3. The van der Waals surface area contributed by atoms with Crippen LogP contribution in [0.1, 0.15) is 26.7 Å². The summed E-state index contributed by atoms with van der Waals surface area (Å²) >= 11 is 1.40. The number of methoxy groups -OCH3 is 1. The molecule has 0 aliphatic carbocycles. The van der Waals surface area contributed by atoms with E-state index in [1.165, 1.54) is 11.3 Å². The molecule has 1 aromatic heterocycles. The van der Waals surface area contributed by atoms with Crippen LogP contribution in [0.25, 0.3) is 10.2 Å². The van der Waals surface area contributed by atoms with E-state index < -0.39 is 0 Å². The molecular formula is C20H27ClN4O4S. The number of para-hydroxylation sites is 1. The van der Waals surface area contributed by atoms with Gasteiger partial charge in [-0.2, -0.15) is 0 Å². The molecule has 8 nitrogen and oxygen atoms in total. The number of ether oxygens (including phenoxy) is 1. The number of benzene rings is 1. The van der Waals surface area contributed by atoms with Crippen LogP contribution in [0.15, 0.2) is 18.2 Å². The number of rotatable bonds is 9. The molecule has 1 fully saturated rings. The van der Waals surface area contributed by atoms with Gasteiger partial charge in [0, 0.05) is 25.9 Å². The molecule has 1 aliphatic heterocycles. The molecule has 164 valence electrons. The van der Waals surface area contributed by atoms with E-state index in [9.17, 15) is 14.4 Å². The van der Waals surface area contributed by atoms with Crippen molar-refractivity contribution < 1.29 is 19.1 Å². The molecule has 3 rings (SSSR count). The fourth-order valence-electron chi connectivity index (χ4n) is 3.32. The van der Waals surface area contributed by atoms with Crippen LogP contribution in [0.2, 0.25) is 0 Å². The largest absolute Gasteiger partial charge is 0.494 e. The van der Waals surface area contributed by atoms with E-state index in [1.54, 1.807) is 12.0 Å². The van der Waals surface area contributed by atoms with Crippen molar-refractivity contribution in [2.45, 2.75) is 26.7 Å². The van der Waals surface area contributed by atoms with Gasteiger partial charge < -0.3 is 9.64 Å². The third kappa shape index (κ3) is 5.08. The first-order chi connectivity index (χ1) is 14.0. The minimum atomic E-state index is -0.307. The quantitative estimate of drug-likeness (QED) is 0.541. The second-order valence-corrected chi connectivity index (χ2v) is 7.76. The van der Waals surface area contributed by atoms with Gasteiger partial charge in [0.05, 0.1) is 11.8 Å². The van der Waals surface area contributed by atoms with E-state index in [0.29, 0.717) is 29.5 Å². The molecule has 3 amide bonds. The van der Waals surface area contributed by atoms with E-state index >= 15 is 0 Å². The number of fused-ring (bicyclic) bond motifs is 1. The molecule has 30 heavy (non-hydrogen) atoms. The Morgan fingerprint density at radius 1 is 1.17 bits per heavy atom. The van der Waals surface area contributed by atoms with Crippen LogP contribution in [-0.4, -0.2) is 72.3 Å². The number of amides is 3. The van der Waals surface area contributed by atoms with Crippen molar-refractivity contribution in [3.8, 4) is 5.75 Å². The number of carbonyl (C=O) groups excluding carboxylic acids is 3. The maximum atomic E-state index is 13.1. The van der Waals surface area contributed by atoms with E-state index in [0.717, 1.165) is 22.7 Å². The molecular weight excluding hydrogens is 428 g/mol. The zero-order chi connectivity index (χ0) is 21.0. The standard InChI is InChI=1S/C20H26N4O4S.ClH/c1-4-22(5-2)11-12-23(18(27)13-24-16(25)9-10-17(24)26)20-21-19-14(28-3)7-6-8-15(19)29-20;/h6-8H,4-5,9-13H2,1-3H3;1H. The van der Waals surface area contributed by atoms with Crippen LogP contribution in [0.3, 0.4) is 0 Å². The number of likely N-dealkylation sites (tertiary alicyclic amines) is 1. The smallest absolute Gasteiger partial charge is 0.248 e. The lowest BCUT2D eigenvalue weighted by Crippen LogP contribution is -2.45. The number of hydrogen-bond donors (Lipinski definition) is 0. The first-order valence-electron chi connectivity index (χ1n) is 9.77. The summed E-state index contributed by atoms with van der Waals surface area (Å²) < 4.78 is 6.30. The predicted molar refractivity (Wildman–Crippen MR) is 120 cm³/mol. The summed E-state index contributed by atoms with van der Waals surface area (Å²) in [6, 6.07) is 5.64. The highest BCUT2D eigenvalue weighted by Crippen LogP contribution is 2.34. The molecule has 0 spiro atoms. The van der Waals surface area contributed by atoms with Gasteiger partial charge in [-0.25, -0.2) is 4.98 Å². The van der Waals surface area contributed by atoms with Crippen molar-refractivity contribution in [3.63, 3.8) is 0 Å². The minimum absolute atomic E-state index is 0. The molecule has 0 saturated carbocycles. The Bertz CT molecular complexity index is 899. The van der Waals surface area contributed by atoms with E-state index in [1.807, 2.05) is 18.2 Å². The first kappa shape index (κ1) is 24.0. The summed E-state index contributed by atoms with van der Waals surface area (Å²) in [6.07, 6.45) is 0.341. The lowest BCUT2D eigenvalue weighted by atomic mass is 10.3. The number of anilines is 1. The van der Waals surface area contributed by atoms with Gasteiger partial charge in [0.1, 0.15) is 17.8 Å². The Morgan fingerprint density at radius 3 is 2.43 bits per heavy atom. The molecule has 10 heteroatoms. The second-order valence-electron chi connectivity index (χ2n) is 6.75. The van der Waals surface area contributed by atoms with Gasteiger partial charge in [-0.05, 0) is 25.2 Å². The zero-order valence-electron chi connectivity index (χ0n) is 17.4. The predicted octanol–water partition coefficient (Wildman–Crippen LogP) is 2.55. The number of imide groups is 1. The average molecular weight is 455 g/mol. The molecule has 1 aliphatic rings. The Balaban J connectivity index is 0.00000320. The number of likely N-dealkylation sites (N-methyl/N-ethyl adjacent to an activating group) is 1. The lowest BCUT2D eigenvalue weighted by Gasteiger charge is -2.26. The van der Waals surface area contributed by atoms with Gasteiger partial charge >= 0.3 is 0 Å². The first-order valence-corrected chi connectivity index (χ1v) is 10.6. The number of halogens is 1. The van der Waals surface area contributed by atoms with Crippen LogP contribution in [0.5, 0.6) is 5.75 Å². The Hall–Kier alpha value is -2.23. The zero-order valence-corrected chi connectivity index (χ0v) is 19.1. The van der Waals surface area contributed by atoms with Gasteiger partial charge in [-0.1, -0.05) is 31.3 Å². The number of thiazole rings is 1. The molecule has 1 aromatic carbocycles. The van der Waals surface area contributed by atoms with Crippen LogP contribution in [0, 0.1) is 0 Å². The van der Waals surface area contributed by atoms with Crippen molar-refractivity contribution >= 4 is 56.8 Å². The topological polar surface area (TPSA) is 83.0 Å². The molecule has 0 radical (unpaired) electrons. The summed E-state index contributed by atoms with van der Waals surface area (Å²) in [7, 11) is 1.59. The van der Waals surface area contributed by atoms with Crippen molar-refractivity contribution in [2.75, 3.05) is 44.7 Å². The van der Waals surface area contributed by atoms with Gasteiger partial charge in [-0.15, -0.1) is 12.4 Å². The maximum absolute atomic E-state index is 13.1. The summed E-state index contributed by atoms with van der Waals surface area (Å²) in [4.78, 5) is 46.5. The molecule has 2 heterocycles. The van der Waals surface area contributed by atoms with Crippen LogP contribution in [-0.2, 0) is 14.4 Å². The summed E-state index contributed by atoms with van der Waals surface area (Å²) in [5.41, 5.74) is 0.698. The minimum Gasteiger partial charge on any atom is -0.494 e. The molecule has 0 N–H and O–H groups in total. The average Bonchev–Trinajstić information content (AvgIpc) is 3.29. The fourth-order valence-corrected chi connectivity index (χ4v) is 4.35.